The average Bonchev–Trinajstić information content (AvgIpc) is 1.00. The number of rotatable bonds is 0. The second kappa shape index (κ2) is 23.5. The van der Waals surface area contributed by atoms with Crippen molar-refractivity contribution in [2.45, 2.75) is 0 Å². The molecule has 22 valence electrons. The minimum atomic E-state index is 0. The molecule has 0 atom stereocenters. The molecule has 0 saturated heterocycles. The maximum absolute atomic E-state index is 3.06. The monoisotopic (exact) mass is 197 g/mol. The van der Waals surface area contributed by atoms with Crippen molar-refractivity contribution in [2.24, 2.45) is 0 Å². The average molecular weight is 198 g/mol. The van der Waals surface area contributed by atoms with Gasteiger partial charge < -0.3 is 23.4 Å². The predicted molar refractivity (Wildman–Crippen MR) is 20.7 cm³/mol. The van der Waals surface area contributed by atoms with Crippen LogP contribution in [0, 0.1) is 13.3 Å². The van der Waals surface area contributed by atoms with E-state index in [-0.39, 0.29) is 40.1 Å². The van der Waals surface area contributed by atoms with Crippen LogP contribution in [0.3, 0.4) is 0 Å². The first kappa shape index (κ1) is 17.6. The van der Waals surface area contributed by atoms with Gasteiger partial charge >= 0.3 is 32.7 Å². The molecule has 2 heteroatoms. The molecule has 0 aromatic rings. The summed E-state index contributed by atoms with van der Waals surface area (Å²) in [5.74, 6) is 3.06. The zero-order chi connectivity index (χ0) is 2.00. The van der Waals surface area contributed by atoms with E-state index < -0.39 is 0 Å². The van der Waals surface area contributed by atoms with Gasteiger partial charge in [-0.1, -0.05) is 0 Å². The quantitative estimate of drug-likeness (QED) is 0.518. The molecule has 0 rings (SSSR count). The zero-order valence-corrected chi connectivity index (χ0v) is 7.09. The van der Waals surface area contributed by atoms with Crippen molar-refractivity contribution in [3.63, 3.8) is 0 Å². The molecule has 0 saturated carbocycles. The van der Waals surface area contributed by atoms with Crippen molar-refractivity contribution in [2.75, 3.05) is 0 Å². The van der Waals surface area contributed by atoms with Crippen LogP contribution < -0.4 is 0 Å². The van der Waals surface area contributed by atoms with E-state index in [1.54, 1.807) is 0 Å². The smallest absolute Gasteiger partial charge is 0.358 e. The maximum atomic E-state index is 3.06. The van der Waals surface area contributed by atoms with Crippen LogP contribution in [0.25, 0.3) is 0 Å². The van der Waals surface area contributed by atoms with Gasteiger partial charge in [-0.15, -0.1) is 0 Å². The van der Waals surface area contributed by atoms with Crippen molar-refractivity contribution < 1.29 is 32.7 Å². The number of hydrogen-bond donors (Lipinski definition) is 0. The van der Waals surface area contributed by atoms with Gasteiger partial charge in [0, 0.05) is 0 Å². The Morgan fingerprint density at radius 2 is 1.25 bits per heavy atom. The van der Waals surface area contributed by atoms with Crippen molar-refractivity contribution >= 4 is 15.9 Å². The molecule has 0 aliphatic heterocycles. The standard InChI is InChI=1S/CH2Br.CH3.Y/c1-2;;/h1H2;1H3;/q2*-1;+3. The molecule has 0 nitrogen and oxygen atoms in total. The Morgan fingerprint density at radius 3 is 1.25 bits per heavy atom. The van der Waals surface area contributed by atoms with E-state index in [1.165, 1.54) is 0 Å². The maximum Gasteiger partial charge on any atom is 3.00 e. The van der Waals surface area contributed by atoms with E-state index in [0.29, 0.717) is 0 Å². The van der Waals surface area contributed by atoms with Crippen LogP contribution in [-0.4, -0.2) is 0 Å². The molecule has 0 aliphatic carbocycles. The van der Waals surface area contributed by atoms with Crippen LogP contribution in [0.5, 0.6) is 0 Å². The first-order valence-electron chi connectivity index (χ1n) is 0.267. The Kier molecular flexibility index (Phi) is 103. The van der Waals surface area contributed by atoms with Crippen molar-refractivity contribution in [3.05, 3.63) is 13.3 Å². The van der Waals surface area contributed by atoms with Crippen molar-refractivity contribution in [1.82, 2.24) is 0 Å². The molecular weight excluding hydrogens is 193 g/mol. The predicted octanol–water partition coefficient (Wildman–Crippen LogP) is 1.62. The first-order chi connectivity index (χ1) is 1.00. The third kappa shape index (κ3) is 9.54. The van der Waals surface area contributed by atoms with Crippen molar-refractivity contribution in [3.8, 4) is 0 Å². The molecule has 0 heterocycles. The summed E-state index contributed by atoms with van der Waals surface area (Å²) in [6.07, 6.45) is 0. The van der Waals surface area contributed by atoms with Gasteiger partial charge in [0.05, 0.1) is 0 Å². The summed E-state index contributed by atoms with van der Waals surface area (Å²) in [4.78, 5) is 0. The van der Waals surface area contributed by atoms with Gasteiger partial charge in [-0.3, -0.25) is 5.83 Å². The summed E-state index contributed by atoms with van der Waals surface area (Å²) in [5.41, 5.74) is 0. The van der Waals surface area contributed by atoms with Crippen molar-refractivity contribution in [1.29, 1.82) is 0 Å². The fourth-order valence-electron chi connectivity index (χ4n) is 0. The van der Waals surface area contributed by atoms with Gasteiger partial charge in [-0.25, -0.2) is 0 Å². The molecule has 0 N–H and O–H groups in total. The van der Waals surface area contributed by atoms with E-state index >= 15 is 0 Å². The van der Waals surface area contributed by atoms with Gasteiger partial charge in [-0.2, -0.15) is 0 Å². The molecule has 0 aliphatic rings. The van der Waals surface area contributed by atoms with E-state index in [0.717, 1.165) is 0 Å². The molecule has 4 heavy (non-hydrogen) atoms. The Morgan fingerprint density at radius 1 is 1.25 bits per heavy atom. The Labute approximate surface area is 61.4 Å². The Hall–Kier alpha value is 1.58. The molecule has 0 aromatic carbocycles. The topological polar surface area (TPSA) is 0 Å². The molecule has 0 amide bonds. The van der Waals surface area contributed by atoms with E-state index in [4.69, 9.17) is 0 Å². The van der Waals surface area contributed by atoms with Crippen LogP contribution in [0.1, 0.15) is 0 Å². The van der Waals surface area contributed by atoms with Crippen LogP contribution in [0.4, 0.5) is 0 Å². The molecule has 0 fully saturated rings. The minimum Gasteiger partial charge on any atom is -0.358 e. The van der Waals surface area contributed by atoms with Gasteiger partial charge in [-0.05, 0) is 0 Å². The summed E-state index contributed by atoms with van der Waals surface area (Å²) < 4.78 is 0. The van der Waals surface area contributed by atoms with E-state index in [1.807, 2.05) is 0 Å². The number of halogens is 1. The summed E-state index contributed by atoms with van der Waals surface area (Å²) >= 11 is 2.69. The Balaban J connectivity index is -0.00000000500. The van der Waals surface area contributed by atoms with E-state index in [2.05, 4.69) is 21.8 Å². The summed E-state index contributed by atoms with van der Waals surface area (Å²) in [6.45, 7) is 0. The second-order valence-corrected chi connectivity index (χ2v) is 0. The third-order valence-corrected chi connectivity index (χ3v) is 0. The van der Waals surface area contributed by atoms with Crippen LogP contribution in [0.15, 0.2) is 0 Å². The fraction of sp³-hybridized carbons (Fsp3) is 0. The van der Waals surface area contributed by atoms with Crippen LogP contribution >= 0.6 is 15.9 Å². The third-order valence-electron chi connectivity index (χ3n) is 0. The molecular formula is C2H5BrY+. The molecule has 0 radical (unpaired) electrons. The van der Waals surface area contributed by atoms with Crippen LogP contribution in [-0.2, 0) is 32.7 Å². The zero-order valence-electron chi connectivity index (χ0n) is 2.66. The Bertz CT molecular complexity index is 6.00. The van der Waals surface area contributed by atoms with Crippen LogP contribution in [0.2, 0.25) is 0 Å². The van der Waals surface area contributed by atoms with Gasteiger partial charge in [0.15, 0.2) is 0 Å². The normalized spacial score (nSPS) is 1.50. The SMILES string of the molecule is [CH2-]Br.[CH3-].[Y+3]. The van der Waals surface area contributed by atoms with E-state index in [9.17, 15) is 0 Å². The van der Waals surface area contributed by atoms with Gasteiger partial charge in [0.2, 0.25) is 0 Å². The minimum absolute atomic E-state index is 0. The molecule has 0 bridgehead atoms. The summed E-state index contributed by atoms with van der Waals surface area (Å²) in [6, 6.07) is 0. The molecule has 0 unspecified atom stereocenters. The molecule has 0 spiro atoms. The summed E-state index contributed by atoms with van der Waals surface area (Å²) in [5, 5.41) is 0. The first-order valence-corrected chi connectivity index (χ1v) is 1.39. The number of hydrogen-bond acceptors (Lipinski definition) is 0. The largest absolute Gasteiger partial charge is 3.00 e. The fourth-order valence-corrected chi connectivity index (χ4v) is 0. The second-order valence-electron chi connectivity index (χ2n) is 0. The van der Waals surface area contributed by atoms with Gasteiger partial charge in [0.1, 0.15) is 0 Å². The summed E-state index contributed by atoms with van der Waals surface area (Å²) in [7, 11) is 0. The van der Waals surface area contributed by atoms with Gasteiger partial charge in [0.25, 0.3) is 0 Å². The molecule has 0 aromatic heterocycles.